The number of anilines is 1. The molecule has 1 aliphatic carbocycles. The molecular weight excluding hydrogens is 250 g/mol. The summed E-state index contributed by atoms with van der Waals surface area (Å²) < 4.78 is 5.43. The van der Waals surface area contributed by atoms with Gasteiger partial charge in [0.05, 0.1) is 30.8 Å². The van der Waals surface area contributed by atoms with Gasteiger partial charge in [0.15, 0.2) is 0 Å². The lowest BCUT2D eigenvalue weighted by Gasteiger charge is -2.36. The quantitative estimate of drug-likeness (QED) is 0.898. The van der Waals surface area contributed by atoms with Crippen molar-refractivity contribution in [2.24, 2.45) is 0 Å². The van der Waals surface area contributed by atoms with Gasteiger partial charge in [0.25, 0.3) is 0 Å². The van der Waals surface area contributed by atoms with Gasteiger partial charge >= 0.3 is 0 Å². The summed E-state index contributed by atoms with van der Waals surface area (Å²) in [7, 11) is 0. The van der Waals surface area contributed by atoms with Crippen LogP contribution in [0.25, 0.3) is 5.57 Å². The zero-order chi connectivity index (χ0) is 13.9. The Balaban J connectivity index is 1.70. The molecule has 1 saturated heterocycles. The molecule has 4 nitrogen and oxygen atoms in total. The van der Waals surface area contributed by atoms with Gasteiger partial charge < -0.3 is 10.5 Å². The van der Waals surface area contributed by atoms with Gasteiger partial charge in [-0.1, -0.05) is 6.08 Å². The van der Waals surface area contributed by atoms with E-state index in [1.807, 2.05) is 6.07 Å². The van der Waals surface area contributed by atoms with E-state index in [0.29, 0.717) is 6.04 Å². The van der Waals surface area contributed by atoms with Crippen molar-refractivity contribution in [3.05, 3.63) is 29.6 Å². The molecule has 0 saturated carbocycles. The second-order valence-corrected chi connectivity index (χ2v) is 5.74. The van der Waals surface area contributed by atoms with Crippen molar-refractivity contribution in [2.75, 3.05) is 32.0 Å². The summed E-state index contributed by atoms with van der Waals surface area (Å²) in [5.41, 5.74) is 10.2. The van der Waals surface area contributed by atoms with E-state index >= 15 is 0 Å². The van der Waals surface area contributed by atoms with E-state index in [1.165, 1.54) is 17.6 Å². The first kappa shape index (κ1) is 13.6. The van der Waals surface area contributed by atoms with Gasteiger partial charge in [0, 0.05) is 19.1 Å². The Bertz CT molecular complexity index is 506. The molecule has 108 valence electrons. The number of nitrogens with zero attached hydrogens (tertiary/aromatic N) is 2. The Kier molecular flexibility index (Phi) is 4.03. The Labute approximate surface area is 120 Å². The number of pyridine rings is 1. The molecule has 2 N–H and O–H groups in total. The van der Waals surface area contributed by atoms with Crippen LogP contribution in [0.1, 0.15) is 30.5 Å². The highest BCUT2D eigenvalue weighted by Crippen LogP contribution is 2.30. The van der Waals surface area contributed by atoms with Gasteiger partial charge in [-0.3, -0.25) is 9.88 Å². The number of nitrogen functional groups attached to an aromatic ring is 1. The van der Waals surface area contributed by atoms with E-state index in [0.717, 1.165) is 50.5 Å². The number of ether oxygens (including phenoxy) is 1. The minimum absolute atomic E-state index is 0.678. The Morgan fingerprint density at radius 1 is 1.35 bits per heavy atom. The fraction of sp³-hybridized carbons (Fsp3) is 0.562. The molecular formula is C16H23N3O. The van der Waals surface area contributed by atoms with Gasteiger partial charge in [0.1, 0.15) is 0 Å². The van der Waals surface area contributed by atoms with Crippen molar-refractivity contribution < 1.29 is 4.74 Å². The molecule has 0 aromatic carbocycles. The largest absolute Gasteiger partial charge is 0.397 e. The van der Waals surface area contributed by atoms with Crippen LogP contribution in [0.5, 0.6) is 0 Å². The van der Waals surface area contributed by atoms with Gasteiger partial charge in [-0.2, -0.15) is 0 Å². The van der Waals surface area contributed by atoms with Gasteiger partial charge in [0.2, 0.25) is 0 Å². The maximum atomic E-state index is 5.78. The molecule has 20 heavy (non-hydrogen) atoms. The molecule has 4 heteroatoms. The molecule has 1 aromatic heterocycles. The summed E-state index contributed by atoms with van der Waals surface area (Å²) >= 11 is 0. The molecule has 0 amide bonds. The lowest BCUT2D eigenvalue weighted by molar-refractivity contribution is 0.0150. The fourth-order valence-electron chi connectivity index (χ4n) is 3.24. The zero-order valence-electron chi connectivity index (χ0n) is 12.1. The number of rotatable bonds is 2. The summed E-state index contributed by atoms with van der Waals surface area (Å²) in [4.78, 5) is 7.08. The van der Waals surface area contributed by atoms with Gasteiger partial charge in [-0.25, -0.2) is 0 Å². The first-order chi connectivity index (χ1) is 9.74. The van der Waals surface area contributed by atoms with Crippen LogP contribution in [0.2, 0.25) is 0 Å². The minimum atomic E-state index is 0.678. The van der Waals surface area contributed by atoms with Crippen molar-refractivity contribution >= 4 is 11.3 Å². The Morgan fingerprint density at radius 3 is 2.80 bits per heavy atom. The number of aryl methyl sites for hydroxylation is 1. The second-order valence-electron chi connectivity index (χ2n) is 5.74. The molecule has 0 unspecified atom stereocenters. The SMILES string of the molecule is Cc1cc(N)cnc1C1=CC[C@@H](N2CCOCC2)CC1. The lowest BCUT2D eigenvalue weighted by Crippen LogP contribution is -2.43. The van der Waals surface area contributed by atoms with Crippen LogP contribution in [0.15, 0.2) is 18.3 Å². The Hall–Kier alpha value is -1.39. The van der Waals surface area contributed by atoms with Crippen LogP contribution < -0.4 is 5.73 Å². The van der Waals surface area contributed by atoms with Crippen LogP contribution in [-0.2, 0) is 4.74 Å². The number of nitrogens with two attached hydrogens (primary N) is 1. The van der Waals surface area contributed by atoms with E-state index < -0.39 is 0 Å². The molecule has 1 fully saturated rings. The van der Waals surface area contributed by atoms with Crippen molar-refractivity contribution in [2.45, 2.75) is 32.2 Å². The molecule has 3 rings (SSSR count). The number of allylic oxidation sites excluding steroid dienone is 1. The molecule has 1 aromatic rings. The van der Waals surface area contributed by atoms with Crippen LogP contribution in [-0.4, -0.2) is 42.2 Å². The van der Waals surface area contributed by atoms with E-state index in [9.17, 15) is 0 Å². The average molecular weight is 273 g/mol. The zero-order valence-corrected chi connectivity index (χ0v) is 12.1. The van der Waals surface area contributed by atoms with Crippen LogP contribution in [0.3, 0.4) is 0 Å². The summed E-state index contributed by atoms with van der Waals surface area (Å²) in [6.45, 7) is 6.00. The topological polar surface area (TPSA) is 51.4 Å². The van der Waals surface area contributed by atoms with E-state index in [1.54, 1.807) is 6.20 Å². The molecule has 2 aliphatic rings. The minimum Gasteiger partial charge on any atom is -0.397 e. The first-order valence-corrected chi connectivity index (χ1v) is 7.47. The van der Waals surface area contributed by atoms with Crippen LogP contribution >= 0.6 is 0 Å². The summed E-state index contributed by atoms with van der Waals surface area (Å²) in [6, 6.07) is 2.69. The third kappa shape index (κ3) is 2.86. The number of hydrogen-bond donors (Lipinski definition) is 1. The lowest BCUT2D eigenvalue weighted by atomic mass is 9.90. The molecule has 0 radical (unpaired) electrons. The highest BCUT2D eigenvalue weighted by Gasteiger charge is 2.24. The monoisotopic (exact) mass is 273 g/mol. The smallest absolute Gasteiger partial charge is 0.0689 e. The maximum Gasteiger partial charge on any atom is 0.0689 e. The predicted molar refractivity (Wildman–Crippen MR) is 81.4 cm³/mol. The normalized spacial score (nSPS) is 24.4. The van der Waals surface area contributed by atoms with Crippen LogP contribution in [0.4, 0.5) is 5.69 Å². The van der Waals surface area contributed by atoms with E-state index in [4.69, 9.17) is 10.5 Å². The van der Waals surface area contributed by atoms with E-state index in [2.05, 4.69) is 22.9 Å². The fourth-order valence-corrected chi connectivity index (χ4v) is 3.24. The van der Waals surface area contributed by atoms with Crippen molar-refractivity contribution in [1.29, 1.82) is 0 Å². The second kappa shape index (κ2) is 5.94. The van der Waals surface area contributed by atoms with Crippen LogP contribution in [0, 0.1) is 6.92 Å². The standard InChI is InChI=1S/C16H23N3O/c1-12-10-14(17)11-18-16(12)13-2-4-15(5-3-13)19-6-8-20-9-7-19/h2,10-11,15H,3-9,17H2,1H3/t15-/m1/s1. The number of aromatic nitrogens is 1. The molecule has 1 aliphatic heterocycles. The molecule has 0 spiro atoms. The average Bonchev–Trinajstić information content (AvgIpc) is 2.48. The van der Waals surface area contributed by atoms with E-state index in [-0.39, 0.29) is 0 Å². The first-order valence-electron chi connectivity index (χ1n) is 7.47. The highest BCUT2D eigenvalue weighted by molar-refractivity contribution is 5.67. The highest BCUT2D eigenvalue weighted by atomic mass is 16.5. The molecule has 0 bridgehead atoms. The van der Waals surface area contributed by atoms with Crippen molar-refractivity contribution in [3.8, 4) is 0 Å². The third-order valence-corrected chi connectivity index (χ3v) is 4.35. The van der Waals surface area contributed by atoms with Crippen molar-refractivity contribution in [1.82, 2.24) is 9.88 Å². The Morgan fingerprint density at radius 2 is 2.15 bits per heavy atom. The number of morpholine rings is 1. The molecule has 1 atom stereocenters. The number of hydrogen-bond acceptors (Lipinski definition) is 4. The maximum absolute atomic E-state index is 5.78. The van der Waals surface area contributed by atoms with Gasteiger partial charge in [-0.05, 0) is 43.4 Å². The predicted octanol–water partition coefficient (Wildman–Crippen LogP) is 2.24. The van der Waals surface area contributed by atoms with Crippen molar-refractivity contribution in [3.63, 3.8) is 0 Å². The summed E-state index contributed by atoms with van der Waals surface area (Å²) in [6.07, 6.45) is 7.59. The molecule has 2 heterocycles. The third-order valence-electron chi connectivity index (χ3n) is 4.35. The summed E-state index contributed by atoms with van der Waals surface area (Å²) in [5, 5.41) is 0. The van der Waals surface area contributed by atoms with Gasteiger partial charge in [-0.15, -0.1) is 0 Å². The summed E-state index contributed by atoms with van der Waals surface area (Å²) in [5.74, 6) is 0.